The van der Waals surface area contributed by atoms with E-state index in [0.717, 1.165) is 5.56 Å². The van der Waals surface area contributed by atoms with Crippen LogP contribution in [0, 0.1) is 0 Å². The van der Waals surface area contributed by atoms with E-state index in [2.05, 4.69) is 0 Å². The largest absolute Gasteiger partial charge is 0.386 e. The molecule has 74 valence electrons. The summed E-state index contributed by atoms with van der Waals surface area (Å²) in [6.45, 7) is 7.56. The Morgan fingerprint density at radius 2 is 1.54 bits per heavy atom. The fourth-order valence-corrected chi connectivity index (χ4v) is 0.909. The smallest absolute Gasteiger partial charge is 0.168 e. The van der Waals surface area contributed by atoms with Crippen molar-refractivity contribution < 1.29 is 9.67 Å². The molecule has 1 rings (SSSR count). The van der Waals surface area contributed by atoms with E-state index in [4.69, 9.17) is 0 Å². The van der Waals surface area contributed by atoms with Gasteiger partial charge in [0.1, 0.15) is 7.05 Å². The molecule has 0 spiro atoms. The van der Waals surface area contributed by atoms with Crippen LogP contribution in [-0.4, -0.2) is 5.11 Å². The van der Waals surface area contributed by atoms with E-state index in [-0.39, 0.29) is 0 Å². The number of aliphatic hydroxyl groups is 1. The molecule has 1 heterocycles. The van der Waals surface area contributed by atoms with Crippen LogP contribution in [0.25, 0.3) is 0 Å². The third kappa shape index (κ3) is 4.04. The van der Waals surface area contributed by atoms with E-state index < -0.39 is 5.60 Å². The molecule has 0 aliphatic carbocycles. The van der Waals surface area contributed by atoms with Crippen molar-refractivity contribution >= 4 is 0 Å². The Labute approximate surface area is 80.9 Å². The first-order valence-corrected chi connectivity index (χ1v) is 4.68. The summed E-state index contributed by atoms with van der Waals surface area (Å²) in [4.78, 5) is 0. The molecule has 2 nitrogen and oxygen atoms in total. The average Bonchev–Trinajstić information content (AvgIpc) is 2.07. The summed E-state index contributed by atoms with van der Waals surface area (Å²) in [6, 6.07) is 3.83. The van der Waals surface area contributed by atoms with Crippen LogP contribution in [0.3, 0.4) is 0 Å². The zero-order valence-electron chi connectivity index (χ0n) is 9.20. The lowest BCUT2D eigenvalue weighted by atomic mass is 10.0. The number of hydrogen-bond acceptors (Lipinski definition) is 1. The fourth-order valence-electron chi connectivity index (χ4n) is 0.909. The van der Waals surface area contributed by atoms with Crippen LogP contribution in [0.5, 0.6) is 0 Å². The van der Waals surface area contributed by atoms with Gasteiger partial charge in [0, 0.05) is 12.1 Å². The van der Waals surface area contributed by atoms with Crippen molar-refractivity contribution in [3.05, 3.63) is 30.1 Å². The molecule has 0 saturated heterocycles. The van der Waals surface area contributed by atoms with Gasteiger partial charge in [-0.2, -0.15) is 0 Å². The van der Waals surface area contributed by atoms with E-state index in [1.165, 1.54) is 0 Å². The SMILES string of the molecule is CC.C[n+]1ccc(C(C)(C)O)cc1. The van der Waals surface area contributed by atoms with Crippen molar-refractivity contribution in [3.8, 4) is 0 Å². The van der Waals surface area contributed by atoms with E-state index in [1.54, 1.807) is 13.8 Å². The minimum absolute atomic E-state index is 0.728. The lowest BCUT2D eigenvalue weighted by Gasteiger charge is -2.15. The molecule has 1 aromatic heterocycles. The second-order valence-electron chi connectivity index (χ2n) is 3.31. The predicted octanol–water partition coefficient (Wildman–Crippen LogP) is 1.76. The zero-order chi connectivity index (χ0) is 10.5. The molecule has 13 heavy (non-hydrogen) atoms. The standard InChI is InChI=1S/C9H14NO.C2H6/c1-9(2,11)8-4-6-10(3)7-5-8;1-2/h4-7,11H,1-3H3;1-2H3/q+1;. The summed E-state index contributed by atoms with van der Waals surface area (Å²) in [5, 5.41) is 9.57. The van der Waals surface area contributed by atoms with Crippen LogP contribution >= 0.6 is 0 Å². The van der Waals surface area contributed by atoms with Crippen LogP contribution in [0.4, 0.5) is 0 Å². The maximum atomic E-state index is 9.57. The number of aryl methyl sites for hydroxylation is 1. The number of pyridine rings is 1. The number of rotatable bonds is 1. The van der Waals surface area contributed by atoms with Gasteiger partial charge in [-0.05, 0) is 19.4 Å². The van der Waals surface area contributed by atoms with Crippen molar-refractivity contribution in [1.29, 1.82) is 0 Å². The highest BCUT2D eigenvalue weighted by Gasteiger charge is 2.15. The summed E-state index contributed by atoms with van der Waals surface area (Å²) in [6.07, 6.45) is 3.85. The minimum atomic E-state index is -0.728. The van der Waals surface area contributed by atoms with Crippen LogP contribution in [-0.2, 0) is 12.6 Å². The molecular formula is C11H20NO+. The van der Waals surface area contributed by atoms with Crippen LogP contribution in [0.2, 0.25) is 0 Å². The van der Waals surface area contributed by atoms with E-state index in [0.29, 0.717) is 0 Å². The Kier molecular flexibility index (Phi) is 4.63. The molecule has 0 atom stereocenters. The monoisotopic (exact) mass is 182 g/mol. The van der Waals surface area contributed by atoms with Gasteiger partial charge >= 0.3 is 0 Å². The minimum Gasteiger partial charge on any atom is -0.386 e. The van der Waals surface area contributed by atoms with E-state index >= 15 is 0 Å². The summed E-state index contributed by atoms with van der Waals surface area (Å²) >= 11 is 0. The van der Waals surface area contributed by atoms with Gasteiger partial charge in [-0.15, -0.1) is 0 Å². The van der Waals surface area contributed by atoms with Gasteiger partial charge in [-0.3, -0.25) is 0 Å². The highest BCUT2D eigenvalue weighted by Crippen LogP contribution is 2.16. The lowest BCUT2D eigenvalue weighted by Crippen LogP contribution is -2.27. The highest BCUT2D eigenvalue weighted by molar-refractivity contribution is 5.14. The molecule has 0 radical (unpaired) electrons. The summed E-state index contributed by atoms with van der Waals surface area (Å²) in [5.74, 6) is 0. The second kappa shape index (κ2) is 4.97. The van der Waals surface area contributed by atoms with Crippen molar-refractivity contribution in [2.75, 3.05) is 0 Å². The molecule has 0 unspecified atom stereocenters. The average molecular weight is 182 g/mol. The van der Waals surface area contributed by atoms with Gasteiger partial charge in [0.2, 0.25) is 0 Å². The van der Waals surface area contributed by atoms with Gasteiger partial charge < -0.3 is 5.11 Å². The number of aromatic nitrogens is 1. The van der Waals surface area contributed by atoms with E-state index in [9.17, 15) is 5.11 Å². The lowest BCUT2D eigenvalue weighted by molar-refractivity contribution is -0.671. The summed E-state index contributed by atoms with van der Waals surface area (Å²) < 4.78 is 1.94. The molecule has 1 aromatic rings. The van der Waals surface area contributed by atoms with Crippen molar-refractivity contribution in [2.24, 2.45) is 7.05 Å². The normalized spacial score (nSPS) is 10.3. The summed E-state index contributed by atoms with van der Waals surface area (Å²) in [7, 11) is 1.95. The van der Waals surface area contributed by atoms with Crippen molar-refractivity contribution in [1.82, 2.24) is 0 Å². The molecule has 0 aliphatic rings. The first-order chi connectivity index (χ1) is 6.00. The van der Waals surface area contributed by atoms with Crippen molar-refractivity contribution in [3.63, 3.8) is 0 Å². The Morgan fingerprint density at radius 3 is 1.85 bits per heavy atom. The maximum absolute atomic E-state index is 9.57. The number of hydrogen-bond donors (Lipinski definition) is 1. The quantitative estimate of drug-likeness (QED) is 0.657. The van der Waals surface area contributed by atoms with Crippen molar-refractivity contribution in [2.45, 2.75) is 33.3 Å². The molecule has 0 fully saturated rings. The molecule has 0 saturated carbocycles. The summed E-state index contributed by atoms with van der Waals surface area (Å²) in [5.41, 5.74) is 0.212. The second-order valence-corrected chi connectivity index (χ2v) is 3.31. The highest BCUT2D eigenvalue weighted by atomic mass is 16.3. The maximum Gasteiger partial charge on any atom is 0.168 e. The molecule has 0 aliphatic heterocycles. The number of nitrogens with zero attached hydrogens (tertiary/aromatic N) is 1. The Morgan fingerprint density at radius 1 is 1.15 bits per heavy atom. The van der Waals surface area contributed by atoms with Crippen LogP contribution in [0.15, 0.2) is 24.5 Å². The first kappa shape index (κ1) is 12.1. The van der Waals surface area contributed by atoms with Gasteiger partial charge in [-0.1, -0.05) is 13.8 Å². The van der Waals surface area contributed by atoms with E-state index in [1.807, 2.05) is 50.0 Å². The molecule has 0 aromatic carbocycles. The molecule has 0 bridgehead atoms. The van der Waals surface area contributed by atoms with Crippen LogP contribution in [0.1, 0.15) is 33.3 Å². The third-order valence-electron chi connectivity index (χ3n) is 1.68. The topological polar surface area (TPSA) is 24.1 Å². The molecule has 2 heteroatoms. The zero-order valence-corrected chi connectivity index (χ0v) is 9.20. The van der Waals surface area contributed by atoms with Gasteiger partial charge in [0.25, 0.3) is 0 Å². The first-order valence-electron chi connectivity index (χ1n) is 4.68. The molecule has 0 amide bonds. The van der Waals surface area contributed by atoms with Gasteiger partial charge in [-0.25, -0.2) is 4.57 Å². The predicted molar refractivity (Wildman–Crippen MR) is 54.2 cm³/mol. The Balaban J connectivity index is 0.000000671. The fraction of sp³-hybridized carbons (Fsp3) is 0.545. The van der Waals surface area contributed by atoms with Gasteiger partial charge in [0.15, 0.2) is 12.4 Å². The van der Waals surface area contributed by atoms with Gasteiger partial charge in [0.05, 0.1) is 5.60 Å². The molecule has 1 N–H and O–H groups in total. The Hall–Kier alpha value is -0.890. The third-order valence-corrected chi connectivity index (χ3v) is 1.68. The molecular weight excluding hydrogens is 162 g/mol. The Bertz CT molecular complexity index is 233. The van der Waals surface area contributed by atoms with Crippen LogP contribution < -0.4 is 4.57 Å².